The first kappa shape index (κ1) is 9.31. The highest BCUT2D eigenvalue weighted by Crippen LogP contribution is 2.25. The van der Waals surface area contributed by atoms with Crippen LogP contribution in [-0.2, 0) is 0 Å². The van der Waals surface area contributed by atoms with Gasteiger partial charge >= 0.3 is 0 Å². The molecule has 0 spiro atoms. The molecule has 9 heavy (non-hydrogen) atoms. The number of thiol groups is 1. The summed E-state index contributed by atoms with van der Waals surface area (Å²) < 4.78 is 0. The van der Waals surface area contributed by atoms with Crippen LogP contribution in [0.15, 0.2) is 0 Å². The maximum Gasteiger partial charge on any atom is 0.0472 e. The van der Waals surface area contributed by atoms with E-state index in [1.165, 1.54) is 0 Å². The quantitative estimate of drug-likeness (QED) is 0.570. The Balaban J connectivity index is 3.79. The highest BCUT2D eigenvalue weighted by Gasteiger charge is 2.21. The van der Waals surface area contributed by atoms with Crippen molar-refractivity contribution >= 4 is 12.6 Å². The van der Waals surface area contributed by atoms with E-state index in [2.05, 4.69) is 33.4 Å². The molecular weight excluding hydrogens is 132 g/mol. The first-order valence-corrected chi connectivity index (χ1v) is 3.87. The van der Waals surface area contributed by atoms with Gasteiger partial charge in [0.25, 0.3) is 0 Å². The van der Waals surface area contributed by atoms with Gasteiger partial charge in [-0.05, 0) is 17.1 Å². The number of rotatable bonds is 2. The third kappa shape index (κ3) is 3.11. The predicted octanol–water partition coefficient (Wildman–Crippen LogP) is 1.57. The van der Waals surface area contributed by atoms with Crippen molar-refractivity contribution in [1.82, 2.24) is 0 Å². The molecule has 1 nitrogen and oxygen atoms in total. The smallest absolute Gasteiger partial charge is 0.0472 e. The maximum absolute atomic E-state index is 8.81. The van der Waals surface area contributed by atoms with Gasteiger partial charge in [0, 0.05) is 6.61 Å². The summed E-state index contributed by atoms with van der Waals surface area (Å²) in [4.78, 5) is 0. The molecule has 0 saturated heterocycles. The molecule has 0 bridgehead atoms. The lowest BCUT2D eigenvalue weighted by molar-refractivity contribution is 0.150. The molecule has 56 valence electrons. The molecule has 0 fully saturated rings. The topological polar surface area (TPSA) is 20.2 Å². The minimum atomic E-state index is 0.191. The highest BCUT2D eigenvalue weighted by atomic mass is 32.1. The summed E-state index contributed by atoms with van der Waals surface area (Å²) in [7, 11) is 0. The summed E-state index contributed by atoms with van der Waals surface area (Å²) in [5.74, 6) is 1.08. The molecule has 0 saturated carbocycles. The van der Waals surface area contributed by atoms with Gasteiger partial charge in [0.1, 0.15) is 0 Å². The van der Waals surface area contributed by atoms with Gasteiger partial charge in [-0.15, -0.1) is 0 Å². The Kier molecular flexibility index (Phi) is 3.59. The van der Waals surface area contributed by atoms with E-state index in [4.69, 9.17) is 5.11 Å². The van der Waals surface area contributed by atoms with Crippen LogP contribution in [0.5, 0.6) is 0 Å². The molecule has 0 aliphatic carbocycles. The first-order valence-electron chi connectivity index (χ1n) is 3.24. The van der Waals surface area contributed by atoms with Gasteiger partial charge in [-0.3, -0.25) is 0 Å². The van der Waals surface area contributed by atoms with Crippen LogP contribution >= 0.6 is 12.6 Å². The van der Waals surface area contributed by atoms with Crippen molar-refractivity contribution in [2.24, 2.45) is 11.3 Å². The second-order valence-corrected chi connectivity index (χ2v) is 3.79. The zero-order chi connectivity index (χ0) is 7.49. The Labute approximate surface area is 62.9 Å². The van der Waals surface area contributed by atoms with Crippen LogP contribution in [0.25, 0.3) is 0 Å². The number of aliphatic hydroxyl groups is 1. The van der Waals surface area contributed by atoms with Crippen molar-refractivity contribution in [3.8, 4) is 0 Å². The Morgan fingerprint density at radius 3 is 1.89 bits per heavy atom. The van der Waals surface area contributed by atoms with Gasteiger partial charge in [-0.2, -0.15) is 12.6 Å². The van der Waals surface area contributed by atoms with E-state index in [0.717, 1.165) is 5.75 Å². The SMILES string of the molecule is CC(C)(C)C(CO)CS. The van der Waals surface area contributed by atoms with E-state index in [1.807, 2.05) is 0 Å². The number of hydrogen-bond donors (Lipinski definition) is 2. The molecule has 2 heteroatoms. The molecule has 0 aliphatic rings. The summed E-state index contributed by atoms with van der Waals surface area (Å²) in [5, 5.41) is 8.81. The van der Waals surface area contributed by atoms with E-state index in [-0.39, 0.29) is 12.0 Å². The van der Waals surface area contributed by atoms with Gasteiger partial charge in [-0.25, -0.2) is 0 Å². The molecule has 0 aromatic carbocycles. The summed E-state index contributed by atoms with van der Waals surface area (Å²) in [5.41, 5.74) is 0.191. The van der Waals surface area contributed by atoms with Crippen LogP contribution in [-0.4, -0.2) is 17.5 Å². The van der Waals surface area contributed by atoms with Crippen LogP contribution in [0, 0.1) is 11.3 Å². The highest BCUT2D eigenvalue weighted by molar-refractivity contribution is 7.80. The zero-order valence-corrected chi connectivity index (χ0v) is 7.28. The van der Waals surface area contributed by atoms with E-state index in [1.54, 1.807) is 0 Å². The lowest BCUT2D eigenvalue weighted by atomic mass is 9.83. The fourth-order valence-electron chi connectivity index (χ4n) is 0.605. The molecule has 1 atom stereocenters. The van der Waals surface area contributed by atoms with Gasteiger partial charge in [-0.1, -0.05) is 20.8 Å². The van der Waals surface area contributed by atoms with Crippen molar-refractivity contribution in [1.29, 1.82) is 0 Å². The molecule has 0 aromatic heterocycles. The minimum Gasteiger partial charge on any atom is -0.396 e. The van der Waals surface area contributed by atoms with Crippen molar-refractivity contribution in [3.05, 3.63) is 0 Å². The molecule has 0 aromatic rings. The van der Waals surface area contributed by atoms with Gasteiger partial charge < -0.3 is 5.11 Å². The standard InChI is InChI=1S/C7H16OS/c1-7(2,3)6(4-8)5-9/h6,8-9H,4-5H2,1-3H3. The lowest BCUT2D eigenvalue weighted by Crippen LogP contribution is -2.25. The van der Waals surface area contributed by atoms with E-state index in [0.29, 0.717) is 5.92 Å². The lowest BCUT2D eigenvalue weighted by Gasteiger charge is -2.27. The monoisotopic (exact) mass is 148 g/mol. The Bertz CT molecular complexity index is 71.5. The maximum atomic E-state index is 8.81. The van der Waals surface area contributed by atoms with E-state index in [9.17, 15) is 0 Å². The van der Waals surface area contributed by atoms with Crippen molar-refractivity contribution in [3.63, 3.8) is 0 Å². The van der Waals surface area contributed by atoms with E-state index >= 15 is 0 Å². The van der Waals surface area contributed by atoms with Crippen LogP contribution in [0.2, 0.25) is 0 Å². The normalized spacial score (nSPS) is 15.7. The first-order chi connectivity index (χ1) is 4.02. The van der Waals surface area contributed by atoms with Crippen molar-refractivity contribution in [2.45, 2.75) is 20.8 Å². The average molecular weight is 148 g/mol. The summed E-state index contributed by atoms with van der Waals surface area (Å²) in [6, 6.07) is 0. The fraction of sp³-hybridized carbons (Fsp3) is 1.00. The van der Waals surface area contributed by atoms with E-state index < -0.39 is 0 Å². The van der Waals surface area contributed by atoms with Crippen LogP contribution in [0.1, 0.15) is 20.8 Å². The zero-order valence-electron chi connectivity index (χ0n) is 6.39. The second kappa shape index (κ2) is 3.47. The molecular formula is C7H16OS. The molecule has 1 unspecified atom stereocenters. The third-order valence-electron chi connectivity index (χ3n) is 1.67. The average Bonchev–Trinajstić information content (AvgIpc) is 1.65. The summed E-state index contributed by atoms with van der Waals surface area (Å²) in [6.07, 6.45) is 0. The van der Waals surface area contributed by atoms with Crippen LogP contribution < -0.4 is 0 Å². The molecule has 0 aliphatic heterocycles. The number of aliphatic hydroxyl groups excluding tert-OH is 1. The Morgan fingerprint density at radius 1 is 1.44 bits per heavy atom. The molecule has 0 radical (unpaired) electrons. The molecule has 0 amide bonds. The van der Waals surface area contributed by atoms with Gasteiger partial charge in [0.05, 0.1) is 0 Å². The number of hydrogen-bond acceptors (Lipinski definition) is 2. The fourth-order valence-corrected chi connectivity index (χ4v) is 1.27. The minimum absolute atomic E-state index is 0.191. The predicted molar refractivity (Wildman–Crippen MR) is 43.9 cm³/mol. The molecule has 0 rings (SSSR count). The van der Waals surface area contributed by atoms with Gasteiger partial charge in [0.15, 0.2) is 0 Å². The van der Waals surface area contributed by atoms with Gasteiger partial charge in [0.2, 0.25) is 0 Å². The van der Waals surface area contributed by atoms with Crippen LogP contribution in [0.3, 0.4) is 0 Å². The van der Waals surface area contributed by atoms with Crippen molar-refractivity contribution in [2.75, 3.05) is 12.4 Å². The largest absolute Gasteiger partial charge is 0.396 e. The third-order valence-corrected chi connectivity index (χ3v) is 2.11. The summed E-state index contributed by atoms with van der Waals surface area (Å²) >= 11 is 4.13. The summed E-state index contributed by atoms with van der Waals surface area (Å²) in [6.45, 7) is 6.59. The second-order valence-electron chi connectivity index (χ2n) is 3.43. The Hall–Kier alpha value is 0.310. The van der Waals surface area contributed by atoms with Crippen LogP contribution in [0.4, 0.5) is 0 Å². The Morgan fingerprint density at radius 2 is 1.89 bits per heavy atom. The molecule has 1 N–H and O–H groups in total. The van der Waals surface area contributed by atoms with Crippen molar-refractivity contribution < 1.29 is 5.11 Å². The molecule has 0 heterocycles.